The lowest BCUT2D eigenvalue weighted by Gasteiger charge is -2.05. The fourth-order valence-electron chi connectivity index (χ4n) is 0.939. The van der Waals surface area contributed by atoms with E-state index in [0.717, 1.165) is 0 Å². The van der Waals surface area contributed by atoms with Gasteiger partial charge in [-0.3, -0.25) is 0 Å². The minimum absolute atomic E-state index is 0.235. The Morgan fingerprint density at radius 3 is 2.93 bits per heavy atom. The van der Waals surface area contributed by atoms with Gasteiger partial charge in [-0.25, -0.2) is 14.4 Å². The molecule has 0 bridgehead atoms. The van der Waals surface area contributed by atoms with E-state index in [0.29, 0.717) is 18.8 Å². The molecule has 74 valence electrons. The molecule has 1 N–H and O–H groups in total. The average Bonchev–Trinajstić information content (AvgIpc) is 2.18. The summed E-state index contributed by atoms with van der Waals surface area (Å²) in [4.78, 5) is 7.74. The molecule has 0 saturated carbocycles. The van der Waals surface area contributed by atoms with Gasteiger partial charge in [0.05, 0.1) is 6.17 Å². The maximum Gasteiger partial charge on any atom is 0.182 e. The van der Waals surface area contributed by atoms with E-state index in [1.165, 1.54) is 19.3 Å². The van der Waals surface area contributed by atoms with Crippen LogP contribution in [0.25, 0.3) is 0 Å². The molecule has 5 heteroatoms. The molecule has 0 aliphatic rings. The normalized spacial score (nSPS) is 11.8. The van der Waals surface area contributed by atoms with Crippen LogP contribution in [-0.4, -0.2) is 22.7 Å². The van der Waals surface area contributed by atoms with E-state index in [1.807, 2.05) is 6.07 Å². The molecule has 0 fully saturated rings. The standard InChI is InChI=1S/C9H11FN4/c1-7(10)2-3-13-9-8(6-11)12-4-5-14-9/h4-5,7H,2-3H2,1H3,(H,13,14). The SMILES string of the molecule is CC(F)CCNc1nccnc1C#N. The van der Waals surface area contributed by atoms with Gasteiger partial charge in [0.15, 0.2) is 11.5 Å². The van der Waals surface area contributed by atoms with Gasteiger partial charge in [0.2, 0.25) is 0 Å². The molecule has 0 saturated heterocycles. The van der Waals surface area contributed by atoms with E-state index in [2.05, 4.69) is 15.3 Å². The van der Waals surface area contributed by atoms with Crippen LogP contribution in [0.5, 0.6) is 0 Å². The van der Waals surface area contributed by atoms with Crippen molar-refractivity contribution in [2.45, 2.75) is 19.5 Å². The lowest BCUT2D eigenvalue weighted by Crippen LogP contribution is -2.09. The molecule has 0 aliphatic carbocycles. The van der Waals surface area contributed by atoms with Crippen LogP contribution in [-0.2, 0) is 0 Å². The van der Waals surface area contributed by atoms with Gasteiger partial charge in [-0.2, -0.15) is 5.26 Å². The second kappa shape index (κ2) is 5.12. The number of nitrogens with one attached hydrogen (secondary N) is 1. The quantitative estimate of drug-likeness (QED) is 0.789. The van der Waals surface area contributed by atoms with E-state index < -0.39 is 6.17 Å². The highest BCUT2D eigenvalue weighted by atomic mass is 19.1. The van der Waals surface area contributed by atoms with Crippen LogP contribution in [0.4, 0.5) is 10.2 Å². The van der Waals surface area contributed by atoms with E-state index in [4.69, 9.17) is 5.26 Å². The predicted molar refractivity (Wildman–Crippen MR) is 50.4 cm³/mol. The molecule has 4 nitrogen and oxygen atoms in total. The summed E-state index contributed by atoms with van der Waals surface area (Å²) in [7, 11) is 0. The van der Waals surface area contributed by atoms with Gasteiger partial charge in [-0.05, 0) is 13.3 Å². The number of halogens is 1. The Bertz CT molecular complexity index is 332. The van der Waals surface area contributed by atoms with Crippen LogP contribution < -0.4 is 5.32 Å². The Kier molecular flexibility index (Phi) is 3.80. The summed E-state index contributed by atoms with van der Waals surface area (Å²) in [6, 6.07) is 1.90. The average molecular weight is 194 g/mol. The number of hydrogen-bond donors (Lipinski definition) is 1. The summed E-state index contributed by atoms with van der Waals surface area (Å²) in [5, 5.41) is 11.5. The van der Waals surface area contributed by atoms with Crippen LogP contribution in [0.15, 0.2) is 12.4 Å². The second-order valence-electron chi connectivity index (χ2n) is 2.86. The molecular weight excluding hydrogens is 183 g/mol. The van der Waals surface area contributed by atoms with Crippen molar-refractivity contribution in [3.05, 3.63) is 18.1 Å². The molecule has 1 heterocycles. The zero-order valence-electron chi connectivity index (χ0n) is 7.87. The minimum Gasteiger partial charge on any atom is -0.368 e. The van der Waals surface area contributed by atoms with Crippen molar-refractivity contribution in [2.75, 3.05) is 11.9 Å². The van der Waals surface area contributed by atoms with Crippen molar-refractivity contribution < 1.29 is 4.39 Å². The lowest BCUT2D eigenvalue weighted by atomic mass is 10.3. The van der Waals surface area contributed by atoms with Gasteiger partial charge >= 0.3 is 0 Å². The summed E-state index contributed by atoms with van der Waals surface area (Å²) in [5.74, 6) is 0.413. The zero-order valence-corrected chi connectivity index (χ0v) is 7.87. The van der Waals surface area contributed by atoms with Crippen molar-refractivity contribution in [2.24, 2.45) is 0 Å². The number of nitriles is 1. The molecule has 14 heavy (non-hydrogen) atoms. The minimum atomic E-state index is -0.857. The molecule has 1 atom stereocenters. The molecule has 0 amide bonds. The Labute approximate surface area is 81.8 Å². The first kappa shape index (κ1) is 10.4. The van der Waals surface area contributed by atoms with Crippen LogP contribution in [0.1, 0.15) is 19.0 Å². The van der Waals surface area contributed by atoms with Gasteiger partial charge in [0, 0.05) is 18.9 Å². The molecular formula is C9H11FN4. The van der Waals surface area contributed by atoms with Gasteiger partial charge in [-0.1, -0.05) is 0 Å². The van der Waals surface area contributed by atoms with Gasteiger partial charge in [0.25, 0.3) is 0 Å². The lowest BCUT2D eigenvalue weighted by molar-refractivity contribution is 0.348. The highest BCUT2D eigenvalue weighted by Crippen LogP contribution is 2.06. The molecule has 0 aliphatic heterocycles. The van der Waals surface area contributed by atoms with Crippen molar-refractivity contribution in [1.29, 1.82) is 5.26 Å². The maximum absolute atomic E-state index is 12.4. The number of rotatable bonds is 4. The monoisotopic (exact) mass is 194 g/mol. The topological polar surface area (TPSA) is 61.6 Å². The van der Waals surface area contributed by atoms with E-state index in [9.17, 15) is 4.39 Å². The first-order chi connectivity index (χ1) is 6.74. The summed E-state index contributed by atoms with van der Waals surface area (Å²) >= 11 is 0. The van der Waals surface area contributed by atoms with E-state index >= 15 is 0 Å². The number of nitrogens with zero attached hydrogens (tertiary/aromatic N) is 3. The molecule has 1 aromatic rings. The Morgan fingerprint density at radius 1 is 1.57 bits per heavy atom. The summed E-state index contributed by atoms with van der Waals surface area (Å²) in [5.41, 5.74) is 0.235. The van der Waals surface area contributed by atoms with Gasteiger partial charge < -0.3 is 5.32 Å². The van der Waals surface area contributed by atoms with Crippen LogP contribution >= 0.6 is 0 Å². The third-order valence-corrected chi connectivity index (χ3v) is 1.64. The maximum atomic E-state index is 12.4. The Hall–Kier alpha value is -1.70. The van der Waals surface area contributed by atoms with Crippen molar-refractivity contribution in [3.63, 3.8) is 0 Å². The van der Waals surface area contributed by atoms with Gasteiger partial charge in [0.1, 0.15) is 6.07 Å². The summed E-state index contributed by atoms with van der Waals surface area (Å²) in [6.45, 7) is 1.94. The highest BCUT2D eigenvalue weighted by molar-refractivity contribution is 5.46. The summed E-state index contributed by atoms with van der Waals surface area (Å²) in [6.07, 6.45) is 2.47. The van der Waals surface area contributed by atoms with Crippen LogP contribution in [0, 0.1) is 11.3 Å². The number of aromatic nitrogens is 2. The fraction of sp³-hybridized carbons (Fsp3) is 0.444. The molecule has 0 spiro atoms. The van der Waals surface area contributed by atoms with E-state index in [1.54, 1.807) is 0 Å². The molecule has 0 aromatic carbocycles. The van der Waals surface area contributed by atoms with Crippen LogP contribution in [0.3, 0.4) is 0 Å². The molecule has 1 rings (SSSR count). The van der Waals surface area contributed by atoms with Gasteiger partial charge in [-0.15, -0.1) is 0 Å². The smallest absolute Gasteiger partial charge is 0.182 e. The van der Waals surface area contributed by atoms with Crippen molar-refractivity contribution in [3.8, 4) is 6.07 Å². The number of hydrogen-bond acceptors (Lipinski definition) is 4. The van der Waals surface area contributed by atoms with Crippen molar-refractivity contribution >= 4 is 5.82 Å². The first-order valence-electron chi connectivity index (χ1n) is 4.33. The number of alkyl halides is 1. The Morgan fingerprint density at radius 2 is 2.29 bits per heavy atom. The third kappa shape index (κ3) is 2.98. The van der Waals surface area contributed by atoms with Crippen LogP contribution in [0.2, 0.25) is 0 Å². The molecule has 1 unspecified atom stereocenters. The zero-order chi connectivity index (χ0) is 10.4. The van der Waals surface area contributed by atoms with Crippen molar-refractivity contribution in [1.82, 2.24) is 9.97 Å². The predicted octanol–water partition coefficient (Wildman–Crippen LogP) is 1.51. The summed E-state index contributed by atoms with van der Waals surface area (Å²) < 4.78 is 12.4. The number of anilines is 1. The largest absolute Gasteiger partial charge is 0.368 e. The third-order valence-electron chi connectivity index (χ3n) is 1.64. The van der Waals surface area contributed by atoms with E-state index in [-0.39, 0.29) is 5.69 Å². The molecule has 1 aromatic heterocycles. The second-order valence-corrected chi connectivity index (χ2v) is 2.86. The molecule has 0 radical (unpaired) electrons. The first-order valence-corrected chi connectivity index (χ1v) is 4.33. The highest BCUT2D eigenvalue weighted by Gasteiger charge is 2.03. The fourth-order valence-corrected chi connectivity index (χ4v) is 0.939. The Balaban J connectivity index is 2.54.